The largest absolute Gasteiger partial charge is 0.397 e. The lowest BCUT2D eigenvalue weighted by Gasteiger charge is -2.38. The summed E-state index contributed by atoms with van der Waals surface area (Å²) < 4.78 is 11.7. The van der Waals surface area contributed by atoms with E-state index < -0.39 is 8.56 Å². The van der Waals surface area contributed by atoms with Crippen LogP contribution in [0.25, 0.3) is 0 Å². The van der Waals surface area contributed by atoms with E-state index in [1.807, 2.05) is 14.2 Å². The zero-order valence-corrected chi connectivity index (χ0v) is 18.0. The molecule has 0 amide bonds. The quantitative estimate of drug-likeness (QED) is 0.230. The normalized spacial score (nSPS) is 12.8. The highest BCUT2D eigenvalue weighted by Gasteiger charge is 2.47. The molecule has 2 nitrogen and oxygen atoms in total. The summed E-state index contributed by atoms with van der Waals surface area (Å²) in [5.74, 6) is 0. The summed E-state index contributed by atoms with van der Waals surface area (Å²) in [7, 11) is 1.63. The van der Waals surface area contributed by atoms with Crippen molar-refractivity contribution < 1.29 is 8.85 Å². The Kier molecular flexibility index (Phi) is 13.5. The van der Waals surface area contributed by atoms with Gasteiger partial charge in [0.25, 0.3) is 0 Å². The summed E-state index contributed by atoms with van der Waals surface area (Å²) in [6.45, 7) is 9.06. The van der Waals surface area contributed by atoms with Gasteiger partial charge in [-0.25, -0.2) is 0 Å². The average molecular weight is 345 g/mol. The smallest absolute Gasteiger partial charge is 0.343 e. The van der Waals surface area contributed by atoms with Gasteiger partial charge in [-0.05, 0) is 6.04 Å². The Balaban J connectivity index is 3.58. The lowest BCUT2D eigenvalue weighted by molar-refractivity contribution is 0.212. The van der Waals surface area contributed by atoms with Crippen molar-refractivity contribution in [2.45, 2.75) is 116 Å². The zero-order chi connectivity index (χ0) is 17.6. The average Bonchev–Trinajstić information content (AvgIpc) is 2.51. The molecule has 3 heteroatoms. The fourth-order valence-corrected chi connectivity index (χ4v) is 6.74. The van der Waals surface area contributed by atoms with Crippen molar-refractivity contribution in [3.05, 3.63) is 0 Å². The van der Waals surface area contributed by atoms with E-state index in [9.17, 15) is 0 Å². The maximum absolute atomic E-state index is 5.87. The summed E-state index contributed by atoms with van der Waals surface area (Å²) in [6.07, 6.45) is 16.8. The molecule has 23 heavy (non-hydrogen) atoms. The first kappa shape index (κ1) is 23.1. The van der Waals surface area contributed by atoms with E-state index in [0.29, 0.717) is 0 Å². The first-order valence-electron chi connectivity index (χ1n) is 10.0. The highest BCUT2D eigenvalue weighted by Crippen LogP contribution is 2.40. The van der Waals surface area contributed by atoms with Gasteiger partial charge in [0.2, 0.25) is 0 Å². The van der Waals surface area contributed by atoms with Gasteiger partial charge in [-0.15, -0.1) is 0 Å². The second-order valence-electron chi connectivity index (χ2n) is 8.05. The number of rotatable bonds is 15. The zero-order valence-electron chi connectivity index (χ0n) is 17.0. The van der Waals surface area contributed by atoms with Gasteiger partial charge in [0.1, 0.15) is 0 Å². The van der Waals surface area contributed by atoms with Crippen molar-refractivity contribution in [3.63, 3.8) is 0 Å². The highest BCUT2D eigenvalue weighted by atomic mass is 28.4. The molecule has 0 radical (unpaired) electrons. The molecule has 0 N–H and O–H groups in total. The van der Waals surface area contributed by atoms with Gasteiger partial charge < -0.3 is 8.85 Å². The molecule has 140 valence electrons. The number of unbranched alkanes of at least 4 members (excludes halogenated alkanes) is 11. The van der Waals surface area contributed by atoms with Crippen LogP contribution < -0.4 is 0 Å². The van der Waals surface area contributed by atoms with E-state index in [-0.39, 0.29) is 5.04 Å². The molecule has 0 saturated carbocycles. The van der Waals surface area contributed by atoms with Crippen LogP contribution in [0.15, 0.2) is 0 Å². The minimum Gasteiger partial charge on any atom is -0.397 e. The second kappa shape index (κ2) is 13.4. The molecule has 0 spiro atoms. The molecule has 0 aromatic rings. The number of hydrogen-bond acceptors (Lipinski definition) is 2. The van der Waals surface area contributed by atoms with E-state index in [4.69, 9.17) is 8.85 Å². The Morgan fingerprint density at radius 3 is 1.26 bits per heavy atom. The standard InChI is InChI=1S/C20H44O2Si/c1-7-8-9-10-11-12-13-14-15-16-17-18-19-23(21-5,22-6)20(2,3)4/h7-19H2,1-6H3. The first-order valence-corrected chi connectivity index (χ1v) is 12.1. The third-order valence-corrected chi connectivity index (χ3v) is 9.78. The highest BCUT2D eigenvalue weighted by molar-refractivity contribution is 6.70. The monoisotopic (exact) mass is 344 g/mol. The summed E-state index contributed by atoms with van der Waals surface area (Å²) >= 11 is 0. The van der Waals surface area contributed by atoms with Crippen LogP contribution in [0, 0.1) is 0 Å². The van der Waals surface area contributed by atoms with Crippen LogP contribution in [0.3, 0.4) is 0 Å². The van der Waals surface area contributed by atoms with Crippen molar-refractivity contribution in [1.82, 2.24) is 0 Å². The third kappa shape index (κ3) is 9.88. The molecule has 0 rings (SSSR count). The van der Waals surface area contributed by atoms with Gasteiger partial charge >= 0.3 is 8.56 Å². The van der Waals surface area contributed by atoms with Crippen molar-refractivity contribution in [2.75, 3.05) is 14.2 Å². The summed E-state index contributed by atoms with van der Waals surface area (Å²) in [5.41, 5.74) is 0. The van der Waals surface area contributed by atoms with E-state index in [1.54, 1.807) is 0 Å². The predicted octanol–water partition coefficient (Wildman–Crippen LogP) is 7.22. The van der Waals surface area contributed by atoms with Crippen LogP contribution in [-0.4, -0.2) is 22.8 Å². The summed E-state index contributed by atoms with van der Waals surface area (Å²) in [5, 5.41) is 0.147. The van der Waals surface area contributed by atoms with Crippen LogP contribution in [0.2, 0.25) is 11.1 Å². The second-order valence-corrected chi connectivity index (χ2v) is 12.4. The molecule has 0 heterocycles. The molecule has 0 unspecified atom stereocenters. The Hall–Kier alpha value is 0.137. The fraction of sp³-hybridized carbons (Fsp3) is 1.00. The van der Waals surface area contributed by atoms with Crippen LogP contribution in [0.1, 0.15) is 105 Å². The summed E-state index contributed by atoms with van der Waals surface area (Å²) in [6, 6.07) is 1.13. The molecule has 0 bridgehead atoms. The lowest BCUT2D eigenvalue weighted by atomic mass is 10.1. The molecular formula is C20H44O2Si. The molecule has 0 aliphatic carbocycles. The van der Waals surface area contributed by atoms with Gasteiger partial charge in [0.15, 0.2) is 0 Å². The molecule has 0 aromatic carbocycles. The van der Waals surface area contributed by atoms with Crippen molar-refractivity contribution in [2.24, 2.45) is 0 Å². The maximum atomic E-state index is 5.87. The van der Waals surface area contributed by atoms with E-state index in [0.717, 1.165) is 6.04 Å². The molecule has 0 aliphatic heterocycles. The first-order chi connectivity index (χ1) is 10.9. The SMILES string of the molecule is CCCCCCCCCCCCCC[Si](OC)(OC)C(C)(C)C. The van der Waals surface area contributed by atoms with Crippen LogP contribution in [0.5, 0.6) is 0 Å². The van der Waals surface area contributed by atoms with Crippen molar-refractivity contribution in [3.8, 4) is 0 Å². The fourth-order valence-electron chi connectivity index (χ4n) is 3.47. The van der Waals surface area contributed by atoms with E-state index in [1.165, 1.54) is 77.0 Å². The third-order valence-electron chi connectivity index (χ3n) is 5.16. The molecular weight excluding hydrogens is 300 g/mol. The Morgan fingerprint density at radius 2 is 0.957 bits per heavy atom. The van der Waals surface area contributed by atoms with Crippen LogP contribution in [-0.2, 0) is 8.85 Å². The van der Waals surface area contributed by atoms with Crippen molar-refractivity contribution in [1.29, 1.82) is 0 Å². The predicted molar refractivity (Wildman–Crippen MR) is 105 cm³/mol. The van der Waals surface area contributed by atoms with Gasteiger partial charge in [-0.3, -0.25) is 0 Å². The number of hydrogen-bond donors (Lipinski definition) is 0. The summed E-state index contributed by atoms with van der Waals surface area (Å²) in [4.78, 5) is 0. The Morgan fingerprint density at radius 1 is 0.609 bits per heavy atom. The topological polar surface area (TPSA) is 18.5 Å². The van der Waals surface area contributed by atoms with Crippen molar-refractivity contribution >= 4 is 8.56 Å². The molecule has 0 atom stereocenters. The van der Waals surface area contributed by atoms with Crippen LogP contribution >= 0.6 is 0 Å². The molecule has 0 fully saturated rings. The Labute approximate surface area is 148 Å². The minimum atomic E-state index is -2.04. The van der Waals surface area contributed by atoms with E-state index >= 15 is 0 Å². The minimum absolute atomic E-state index is 0.147. The Bertz CT molecular complexity index is 257. The van der Waals surface area contributed by atoms with Crippen LogP contribution in [0.4, 0.5) is 0 Å². The molecule has 0 aliphatic rings. The molecule has 0 aromatic heterocycles. The van der Waals surface area contributed by atoms with Gasteiger partial charge in [0.05, 0.1) is 0 Å². The maximum Gasteiger partial charge on any atom is 0.343 e. The van der Waals surface area contributed by atoms with Gasteiger partial charge in [0, 0.05) is 19.3 Å². The lowest BCUT2D eigenvalue weighted by Crippen LogP contribution is -2.48. The van der Waals surface area contributed by atoms with Gasteiger partial charge in [-0.1, -0.05) is 105 Å². The van der Waals surface area contributed by atoms with Gasteiger partial charge in [-0.2, -0.15) is 0 Å². The van der Waals surface area contributed by atoms with E-state index in [2.05, 4.69) is 27.7 Å². The molecule has 0 saturated heterocycles.